The average molecular weight is 447 g/mol. The molecule has 1 aromatic heterocycles. The molecule has 1 aliphatic carbocycles. The van der Waals surface area contributed by atoms with Crippen LogP contribution in [-0.2, 0) is 23.7 Å². The summed E-state index contributed by atoms with van der Waals surface area (Å²) in [5.74, 6) is -0.518. The zero-order valence-electron chi connectivity index (χ0n) is 18.8. The number of hydrogen-bond acceptors (Lipinski definition) is 7. The number of pyridine rings is 1. The fourth-order valence-corrected chi connectivity index (χ4v) is 3.49. The van der Waals surface area contributed by atoms with E-state index in [-0.39, 0.29) is 23.3 Å². The summed E-state index contributed by atoms with van der Waals surface area (Å²) in [7, 11) is 1.44. The van der Waals surface area contributed by atoms with E-state index in [4.69, 9.17) is 17.2 Å². The van der Waals surface area contributed by atoms with Crippen molar-refractivity contribution in [2.45, 2.75) is 46.6 Å². The Labute approximate surface area is 185 Å². The number of nitrogens with two attached hydrogens (primary N) is 3. The molecule has 1 amide bonds. The van der Waals surface area contributed by atoms with E-state index >= 15 is 0 Å². The fraction of sp³-hybridized carbons (Fsp3) is 0.364. The lowest BCUT2D eigenvalue weighted by molar-refractivity contribution is -0.112. The van der Waals surface area contributed by atoms with Gasteiger partial charge in [-0.15, -0.1) is 0 Å². The molecule has 3 rings (SSSR count). The molecule has 0 fully saturated rings. The first kappa shape index (κ1) is 24.9. The van der Waals surface area contributed by atoms with E-state index in [1.807, 2.05) is 26.8 Å². The molecule has 0 saturated carbocycles. The predicted molar refractivity (Wildman–Crippen MR) is 118 cm³/mol. The predicted octanol–water partition coefficient (Wildman–Crippen LogP) is 3.39. The van der Waals surface area contributed by atoms with Crippen LogP contribution in [0.1, 0.15) is 46.1 Å². The van der Waals surface area contributed by atoms with Crippen LogP contribution < -0.4 is 17.2 Å². The minimum Gasteiger partial charge on any atom is -0.508 e. The fourth-order valence-electron chi connectivity index (χ4n) is 3.49. The molecule has 0 radical (unpaired) electrons. The molecule has 0 aliphatic heterocycles. The Morgan fingerprint density at radius 2 is 1.88 bits per heavy atom. The number of benzene rings is 1. The van der Waals surface area contributed by atoms with Gasteiger partial charge in [0.15, 0.2) is 0 Å². The Morgan fingerprint density at radius 1 is 1.25 bits per heavy atom. The van der Waals surface area contributed by atoms with E-state index in [0.29, 0.717) is 29.1 Å². The van der Waals surface area contributed by atoms with E-state index in [1.54, 1.807) is 13.0 Å². The van der Waals surface area contributed by atoms with Gasteiger partial charge in [-0.25, -0.2) is 4.98 Å². The molecule has 172 valence electrons. The van der Waals surface area contributed by atoms with Gasteiger partial charge >= 0.3 is 6.05 Å². The number of hydrogen-bond donors (Lipinski definition) is 4. The van der Waals surface area contributed by atoms with Gasteiger partial charge in [0.25, 0.3) is 5.91 Å². The molecule has 0 saturated heterocycles. The molecule has 2 aromatic rings. The van der Waals surface area contributed by atoms with Crippen molar-refractivity contribution in [2.24, 2.45) is 27.4 Å². The van der Waals surface area contributed by atoms with E-state index in [9.17, 15) is 18.7 Å². The number of phenolic OH excluding ortho intramolecular Hbond substituents is 1. The van der Waals surface area contributed by atoms with Crippen molar-refractivity contribution in [2.75, 3.05) is 7.05 Å². The summed E-state index contributed by atoms with van der Waals surface area (Å²) in [6.45, 7) is 7.73. The normalized spacial score (nSPS) is 13.2. The number of aryl methyl sites for hydroxylation is 2. The van der Waals surface area contributed by atoms with Crippen molar-refractivity contribution in [3.63, 3.8) is 0 Å². The molecular formula is C22H28F2N6O2. The van der Waals surface area contributed by atoms with Crippen molar-refractivity contribution in [3.8, 4) is 5.75 Å². The minimum absolute atomic E-state index is 0.0700. The standard InChI is InChI=1S/C13H16F2N6O.C9H12O/c1-3-7-10(21-19-2)5-4-6(16)9(12(17)22)8(5)11(20-7)13(14,15)18;1-6-4-5-9(10)8(3)7(6)2/h3-4,16,18H2,1-2H3,(H2,17,22);4-5,10H,1-3H3. The summed E-state index contributed by atoms with van der Waals surface area (Å²) in [5, 5.41) is 16.8. The van der Waals surface area contributed by atoms with Crippen LogP contribution in [0.4, 0.5) is 14.5 Å². The van der Waals surface area contributed by atoms with Gasteiger partial charge in [0.2, 0.25) is 0 Å². The summed E-state index contributed by atoms with van der Waals surface area (Å²) in [5.41, 5.74) is 19.4. The molecular weight excluding hydrogens is 418 g/mol. The van der Waals surface area contributed by atoms with Gasteiger partial charge in [0.05, 0.1) is 11.3 Å². The van der Waals surface area contributed by atoms with Gasteiger partial charge in [-0.1, -0.05) is 13.0 Å². The Kier molecular flexibility index (Phi) is 7.30. The number of fused-ring (bicyclic) bond motifs is 1. The van der Waals surface area contributed by atoms with E-state index in [0.717, 1.165) is 5.56 Å². The van der Waals surface area contributed by atoms with Crippen LogP contribution >= 0.6 is 0 Å². The van der Waals surface area contributed by atoms with E-state index in [2.05, 4.69) is 15.2 Å². The van der Waals surface area contributed by atoms with Gasteiger partial charge < -0.3 is 16.6 Å². The SMILES string of the molecule is CCc1nc(C(N)(F)F)c2c(c1N=NC)CC(N)=C2C(N)=O.Cc1ccc(O)c(C)c1C. The monoisotopic (exact) mass is 446 g/mol. The maximum Gasteiger partial charge on any atom is 0.344 e. The van der Waals surface area contributed by atoms with Crippen molar-refractivity contribution >= 4 is 17.2 Å². The first-order valence-electron chi connectivity index (χ1n) is 9.92. The molecule has 0 spiro atoms. The van der Waals surface area contributed by atoms with Crippen LogP contribution in [-0.4, -0.2) is 23.0 Å². The molecule has 7 N–H and O–H groups in total. The third kappa shape index (κ3) is 4.75. The lowest BCUT2D eigenvalue weighted by Crippen LogP contribution is -2.30. The number of amides is 1. The molecule has 1 heterocycles. The summed E-state index contributed by atoms with van der Waals surface area (Å²) >= 11 is 0. The van der Waals surface area contributed by atoms with Crippen molar-refractivity contribution < 1.29 is 18.7 Å². The Morgan fingerprint density at radius 3 is 2.34 bits per heavy atom. The van der Waals surface area contributed by atoms with Gasteiger partial charge in [0, 0.05) is 24.7 Å². The number of nitrogens with zero attached hydrogens (tertiary/aromatic N) is 3. The van der Waals surface area contributed by atoms with Crippen molar-refractivity contribution in [1.29, 1.82) is 0 Å². The lowest BCUT2D eigenvalue weighted by Gasteiger charge is -2.18. The average Bonchev–Trinajstić information content (AvgIpc) is 3.06. The van der Waals surface area contributed by atoms with Crippen LogP contribution in [0, 0.1) is 20.8 Å². The van der Waals surface area contributed by atoms with Crippen molar-refractivity contribution in [3.05, 3.63) is 57.0 Å². The number of carbonyl (C=O) groups is 1. The quantitative estimate of drug-likeness (QED) is 0.419. The number of primary amides is 1. The smallest absolute Gasteiger partial charge is 0.344 e. The Bertz CT molecular complexity index is 1090. The summed E-state index contributed by atoms with van der Waals surface area (Å²) in [6, 6.07) is -0.0729. The highest BCUT2D eigenvalue weighted by molar-refractivity contribution is 6.22. The molecule has 1 aliphatic rings. The first-order valence-corrected chi connectivity index (χ1v) is 9.92. The van der Waals surface area contributed by atoms with Crippen LogP contribution in [0.25, 0.3) is 5.57 Å². The number of allylic oxidation sites excluding steroid dienone is 1. The second-order valence-corrected chi connectivity index (χ2v) is 7.48. The number of phenols is 1. The number of carbonyl (C=O) groups excluding carboxylic acids is 1. The Hall–Kier alpha value is -3.40. The molecule has 10 heteroatoms. The number of azo groups is 1. The Balaban J connectivity index is 0.000000303. The molecule has 0 atom stereocenters. The number of rotatable bonds is 4. The van der Waals surface area contributed by atoms with Gasteiger partial charge in [-0.2, -0.15) is 19.0 Å². The number of alkyl halides is 2. The van der Waals surface area contributed by atoms with Crippen LogP contribution in [0.2, 0.25) is 0 Å². The van der Waals surface area contributed by atoms with Gasteiger partial charge in [-0.05, 0) is 55.5 Å². The molecule has 0 unspecified atom stereocenters. The lowest BCUT2D eigenvalue weighted by atomic mass is 9.98. The van der Waals surface area contributed by atoms with Crippen molar-refractivity contribution in [1.82, 2.24) is 4.98 Å². The number of halogens is 2. The van der Waals surface area contributed by atoms with Crippen LogP contribution in [0.3, 0.4) is 0 Å². The highest BCUT2D eigenvalue weighted by Gasteiger charge is 2.39. The summed E-state index contributed by atoms with van der Waals surface area (Å²) in [6.07, 6.45) is 0.414. The summed E-state index contributed by atoms with van der Waals surface area (Å²) in [4.78, 5) is 15.5. The largest absolute Gasteiger partial charge is 0.508 e. The van der Waals surface area contributed by atoms with Crippen LogP contribution in [0.5, 0.6) is 5.75 Å². The molecule has 1 aromatic carbocycles. The molecule has 8 nitrogen and oxygen atoms in total. The molecule has 0 bridgehead atoms. The third-order valence-corrected chi connectivity index (χ3v) is 5.41. The highest BCUT2D eigenvalue weighted by Crippen LogP contribution is 2.43. The summed E-state index contributed by atoms with van der Waals surface area (Å²) < 4.78 is 27.5. The zero-order valence-corrected chi connectivity index (χ0v) is 18.8. The van der Waals surface area contributed by atoms with Gasteiger partial charge in [-0.3, -0.25) is 10.5 Å². The third-order valence-electron chi connectivity index (χ3n) is 5.41. The van der Waals surface area contributed by atoms with Crippen LogP contribution in [0.15, 0.2) is 28.1 Å². The minimum atomic E-state index is -3.73. The first-order chi connectivity index (χ1) is 14.8. The maximum atomic E-state index is 13.8. The second kappa shape index (κ2) is 9.39. The van der Waals surface area contributed by atoms with E-state index < -0.39 is 17.6 Å². The highest BCUT2D eigenvalue weighted by atomic mass is 19.3. The van der Waals surface area contributed by atoms with Gasteiger partial charge in [0.1, 0.15) is 17.1 Å². The van der Waals surface area contributed by atoms with E-state index in [1.165, 1.54) is 18.2 Å². The maximum absolute atomic E-state index is 13.8. The topological polar surface area (TPSA) is 153 Å². The number of aromatic hydroxyl groups is 1. The molecule has 32 heavy (non-hydrogen) atoms. The number of aromatic nitrogens is 1. The zero-order chi connectivity index (χ0) is 24.4. The second-order valence-electron chi connectivity index (χ2n) is 7.48.